The second-order valence-corrected chi connectivity index (χ2v) is 7.51. The summed E-state index contributed by atoms with van der Waals surface area (Å²) in [4.78, 5) is 13.2. The maximum atomic E-state index is 10.7. The highest BCUT2D eigenvalue weighted by atomic mass is 16.4. The molecule has 0 amide bonds. The Labute approximate surface area is 138 Å². The zero-order chi connectivity index (χ0) is 16.3. The van der Waals surface area contributed by atoms with E-state index in [2.05, 4.69) is 4.90 Å². The van der Waals surface area contributed by atoms with Crippen LogP contribution < -0.4 is 0 Å². The molecule has 1 atom stereocenters. The Morgan fingerprint density at radius 2 is 1.91 bits per heavy atom. The van der Waals surface area contributed by atoms with Gasteiger partial charge >= 0.3 is 5.97 Å². The number of nitrogens with zero attached hydrogens (tertiary/aromatic N) is 1. The van der Waals surface area contributed by atoms with Gasteiger partial charge < -0.3 is 10.2 Å². The van der Waals surface area contributed by atoms with Gasteiger partial charge in [-0.25, -0.2) is 0 Å². The molecule has 4 nitrogen and oxygen atoms in total. The van der Waals surface area contributed by atoms with Crippen LogP contribution in [0.25, 0.3) is 0 Å². The van der Waals surface area contributed by atoms with Crippen molar-refractivity contribution in [1.82, 2.24) is 4.90 Å². The molecule has 3 rings (SSSR count). The van der Waals surface area contributed by atoms with Gasteiger partial charge in [-0.15, -0.1) is 0 Å². The predicted octanol–water partition coefficient (Wildman–Crippen LogP) is 2.69. The molecule has 1 saturated carbocycles. The molecular weight excluding hydrogens is 290 g/mol. The van der Waals surface area contributed by atoms with Crippen LogP contribution in [0.3, 0.4) is 0 Å². The predicted molar refractivity (Wildman–Crippen MR) is 89.2 cm³/mol. The van der Waals surface area contributed by atoms with Crippen molar-refractivity contribution in [2.24, 2.45) is 11.3 Å². The quantitative estimate of drug-likeness (QED) is 0.812. The minimum atomic E-state index is -0.790. The molecule has 1 aromatic carbocycles. The number of hydrogen-bond donors (Lipinski definition) is 2. The summed E-state index contributed by atoms with van der Waals surface area (Å²) in [6.45, 7) is 3.26. The summed E-state index contributed by atoms with van der Waals surface area (Å²) in [5, 5.41) is 18.8. The third kappa shape index (κ3) is 4.55. The molecule has 0 unspecified atom stereocenters. The van der Waals surface area contributed by atoms with E-state index in [1.807, 2.05) is 24.3 Å². The van der Waals surface area contributed by atoms with Gasteiger partial charge in [-0.2, -0.15) is 0 Å². The topological polar surface area (TPSA) is 60.8 Å². The number of aliphatic carboxylic acids is 1. The van der Waals surface area contributed by atoms with Crippen molar-refractivity contribution in [1.29, 1.82) is 0 Å². The normalized spacial score (nSPS) is 25.4. The number of aliphatic hydroxyl groups is 1. The van der Waals surface area contributed by atoms with Gasteiger partial charge in [0.2, 0.25) is 0 Å². The number of carbonyl (C=O) groups is 1. The molecular formula is C19H27NO3. The number of rotatable bonds is 7. The fourth-order valence-corrected chi connectivity index (χ4v) is 3.93. The first kappa shape index (κ1) is 16.5. The van der Waals surface area contributed by atoms with Crippen molar-refractivity contribution in [3.8, 4) is 0 Å². The van der Waals surface area contributed by atoms with Gasteiger partial charge in [-0.1, -0.05) is 37.1 Å². The lowest BCUT2D eigenvalue weighted by molar-refractivity contribution is -0.136. The number of benzene rings is 1. The zero-order valence-corrected chi connectivity index (χ0v) is 13.7. The van der Waals surface area contributed by atoms with Gasteiger partial charge in [0.1, 0.15) is 0 Å². The van der Waals surface area contributed by atoms with Crippen molar-refractivity contribution in [2.75, 3.05) is 19.7 Å². The molecule has 0 spiro atoms. The molecule has 126 valence electrons. The monoisotopic (exact) mass is 317 g/mol. The first-order valence-corrected chi connectivity index (χ1v) is 8.71. The van der Waals surface area contributed by atoms with Crippen LogP contribution >= 0.6 is 0 Å². The van der Waals surface area contributed by atoms with Crippen LogP contribution in [-0.4, -0.2) is 40.8 Å². The summed E-state index contributed by atoms with van der Waals surface area (Å²) in [5.41, 5.74) is 2.17. The van der Waals surface area contributed by atoms with E-state index >= 15 is 0 Å². The highest BCUT2D eigenvalue weighted by Crippen LogP contribution is 2.44. The van der Waals surface area contributed by atoms with E-state index in [-0.39, 0.29) is 11.8 Å². The van der Waals surface area contributed by atoms with Crippen LogP contribution in [-0.2, 0) is 17.8 Å². The Morgan fingerprint density at radius 3 is 2.52 bits per heavy atom. The Morgan fingerprint density at radius 1 is 1.22 bits per heavy atom. The molecule has 4 heteroatoms. The number of likely N-dealkylation sites (tertiary alicyclic amines) is 1. The largest absolute Gasteiger partial charge is 0.481 e. The Balaban J connectivity index is 1.59. The third-order valence-electron chi connectivity index (χ3n) is 5.28. The fraction of sp³-hybridized carbons (Fsp3) is 0.632. The molecule has 1 aromatic rings. The van der Waals surface area contributed by atoms with E-state index in [1.54, 1.807) is 0 Å². The summed E-state index contributed by atoms with van der Waals surface area (Å²) in [6, 6.07) is 7.90. The highest BCUT2D eigenvalue weighted by molar-refractivity contribution is 5.70. The number of aliphatic hydroxyl groups excluding tert-OH is 1. The highest BCUT2D eigenvalue weighted by Gasteiger charge is 2.39. The smallest absolute Gasteiger partial charge is 0.307 e. The van der Waals surface area contributed by atoms with E-state index < -0.39 is 5.97 Å². The second kappa shape index (κ2) is 7.02. The second-order valence-electron chi connectivity index (χ2n) is 7.51. The zero-order valence-electron chi connectivity index (χ0n) is 13.7. The molecule has 0 radical (unpaired) electrons. The molecule has 0 aromatic heterocycles. The van der Waals surface area contributed by atoms with Gasteiger partial charge in [0.15, 0.2) is 0 Å². The van der Waals surface area contributed by atoms with Crippen LogP contribution in [0.1, 0.15) is 43.2 Å². The molecule has 23 heavy (non-hydrogen) atoms. The summed E-state index contributed by atoms with van der Waals surface area (Å²) >= 11 is 0. The molecule has 0 bridgehead atoms. The average Bonchev–Trinajstić information content (AvgIpc) is 3.33. The van der Waals surface area contributed by atoms with Gasteiger partial charge in [0, 0.05) is 25.1 Å². The maximum absolute atomic E-state index is 10.7. The fourth-order valence-electron chi connectivity index (χ4n) is 3.93. The van der Waals surface area contributed by atoms with Crippen LogP contribution in [0, 0.1) is 11.3 Å². The van der Waals surface area contributed by atoms with E-state index in [4.69, 9.17) is 5.11 Å². The lowest BCUT2D eigenvalue weighted by atomic mass is 9.76. The van der Waals surface area contributed by atoms with Crippen LogP contribution in [0.4, 0.5) is 0 Å². The molecule has 1 saturated heterocycles. The Kier molecular flexibility index (Phi) is 5.02. The number of piperidine rings is 1. The van der Waals surface area contributed by atoms with Gasteiger partial charge in [-0.3, -0.25) is 9.69 Å². The molecule has 1 aliphatic heterocycles. The number of carboxylic acids is 1. The number of hydrogen-bond acceptors (Lipinski definition) is 3. The van der Waals surface area contributed by atoms with Crippen molar-refractivity contribution < 1.29 is 15.0 Å². The standard InChI is InChI=1S/C19H27NO3/c21-14-19(11-16-4-5-16)8-1-9-20(13-19)12-17-6-2-15(3-7-17)10-18(22)23/h2-3,6-7,16,21H,1,4-5,8-14H2,(H,22,23)/t19-/m0/s1. The summed E-state index contributed by atoms with van der Waals surface area (Å²) < 4.78 is 0. The first-order chi connectivity index (χ1) is 11.1. The summed E-state index contributed by atoms with van der Waals surface area (Å²) in [6.07, 6.45) is 6.24. The minimum Gasteiger partial charge on any atom is -0.481 e. The van der Waals surface area contributed by atoms with Gasteiger partial charge in [0.25, 0.3) is 0 Å². The lowest BCUT2D eigenvalue weighted by Crippen LogP contribution is -2.45. The van der Waals surface area contributed by atoms with E-state index in [0.29, 0.717) is 6.61 Å². The summed E-state index contributed by atoms with van der Waals surface area (Å²) in [5.74, 6) is 0.0546. The molecule has 1 aliphatic carbocycles. The van der Waals surface area contributed by atoms with Gasteiger partial charge in [0.05, 0.1) is 6.42 Å². The van der Waals surface area contributed by atoms with Gasteiger partial charge in [-0.05, 0) is 42.9 Å². The van der Waals surface area contributed by atoms with Crippen molar-refractivity contribution >= 4 is 5.97 Å². The van der Waals surface area contributed by atoms with Crippen molar-refractivity contribution in [2.45, 2.75) is 45.1 Å². The van der Waals surface area contributed by atoms with Crippen molar-refractivity contribution in [3.63, 3.8) is 0 Å². The maximum Gasteiger partial charge on any atom is 0.307 e. The van der Waals surface area contributed by atoms with E-state index in [1.165, 1.54) is 24.8 Å². The Hall–Kier alpha value is -1.39. The SMILES string of the molecule is O=C(O)Cc1ccc(CN2CCC[C@](CO)(CC3CC3)C2)cc1. The minimum absolute atomic E-state index is 0.0823. The van der Waals surface area contributed by atoms with Crippen LogP contribution in [0.5, 0.6) is 0 Å². The van der Waals surface area contributed by atoms with Crippen LogP contribution in [0.2, 0.25) is 0 Å². The molecule has 1 heterocycles. The Bertz CT molecular complexity index is 538. The van der Waals surface area contributed by atoms with Crippen molar-refractivity contribution in [3.05, 3.63) is 35.4 Å². The number of carboxylic acid groups (broad SMARTS) is 1. The first-order valence-electron chi connectivity index (χ1n) is 8.71. The van der Waals surface area contributed by atoms with E-state index in [9.17, 15) is 9.90 Å². The molecule has 2 aliphatic rings. The average molecular weight is 317 g/mol. The van der Waals surface area contributed by atoms with E-state index in [0.717, 1.165) is 44.0 Å². The molecule has 2 fully saturated rings. The van der Waals surface area contributed by atoms with Crippen LogP contribution in [0.15, 0.2) is 24.3 Å². The third-order valence-corrected chi connectivity index (χ3v) is 5.28. The molecule has 2 N–H and O–H groups in total. The summed E-state index contributed by atoms with van der Waals surface area (Å²) in [7, 11) is 0. The lowest BCUT2D eigenvalue weighted by Gasteiger charge is -2.42.